The molecular formula is C23H27N3O6S. The van der Waals surface area contributed by atoms with Crippen molar-refractivity contribution in [3.63, 3.8) is 0 Å². The lowest BCUT2D eigenvalue weighted by Crippen LogP contribution is -2.42. The number of hydrogen-bond donors (Lipinski definition) is 2. The van der Waals surface area contributed by atoms with Gasteiger partial charge in [-0.2, -0.15) is 4.31 Å². The highest BCUT2D eigenvalue weighted by Gasteiger charge is 2.33. The van der Waals surface area contributed by atoms with Crippen molar-refractivity contribution < 1.29 is 27.5 Å². The number of amides is 2. The molecule has 4 rings (SSSR count). The Labute approximate surface area is 193 Å². The van der Waals surface area contributed by atoms with Crippen LogP contribution >= 0.6 is 0 Å². The van der Waals surface area contributed by atoms with Crippen LogP contribution in [0, 0.1) is 5.92 Å². The van der Waals surface area contributed by atoms with Gasteiger partial charge in [0.25, 0.3) is 5.91 Å². The van der Waals surface area contributed by atoms with Crippen LogP contribution in [-0.4, -0.2) is 50.8 Å². The van der Waals surface area contributed by atoms with E-state index in [0.717, 1.165) is 11.3 Å². The Bertz CT molecular complexity index is 1140. The molecule has 1 fully saturated rings. The van der Waals surface area contributed by atoms with Gasteiger partial charge in [-0.15, -0.1) is 0 Å². The van der Waals surface area contributed by atoms with Crippen LogP contribution in [-0.2, 0) is 26.2 Å². The number of hydrogen-bond acceptors (Lipinski definition) is 6. The molecule has 0 bridgehead atoms. The van der Waals surface area contributed by atoms with Crippen LogP contribution < -0.4 is 20.1 Å². The summed E-state index contributed by atoms with van der Waals surface area (Å²) < 4.78 is 38.5. The predicted octanol–water partition coefficient (Wildman–Crippen LogP) is 2.13. The van der Waals surface area contributed by atoms with Crippen molar-refractivity contribution in [3.05, 3.63) is 48.0 Å². The van der Waals surface area contributed by atoms with E-state index in [4.69, 9.17) is 9.47 Å². The third-order valence-corrected chi connectivity index (χ3v) is 7.67. The first-order valence-corrected chi connectivity index (χ1v) is 12.4. The zero-order valence-corrected chi connectivity index (χ0v) is 19.2. The van der Waals surface area contributed by atoms with Crippen molar-refractivity contribution in [3.8, 4) is 11.5 Å². The standard InChI is InChI=1S/C23H27N3O6S/c1-2-31-20-6-4-3-5-17(20)14-24-23(28)16-9-11-26(12-10-16)33(29,30)18-7-8-21-19(13-18)25-22(27)15-32-21/h3-8,13,16H,2,9-12,14-15H2,1H3,(H,24,28)(H,25,27). The van der Waals surface area contributed by atoms with Gasteiger partial charge < -0.3 is 20.1 Å². The summed E-state index contributed by atoms with van der Waals surface area (Å²) in [7, 11) is -3.75. The van der Waals surface area contributed by atoms with E-state index in [9.17, 15) is 18.0 Å². The zero-order valence-electron chi connectivity index (χ0n) is 18.4. The number of carbonyl (C=O) groups is 2. The third-order valence-electron chi connectivity index (χ3n) is 5.77. The average Bonchev–Trinajstić information content (AvgIpc) is 2.83. The first-order valence-electron chi connectivity index (χ1n) is 10.9. The third kappa shape index (κ3) is 5.12. The molecule has 2 aromatic rings. The lowest BCUT2D eigenvalue weighted by Gasteiger charge is -2.31. The smallest absolute Gasteiger partial charge is 0.262 e. The topological polar surface area (TPSA) is 114 Å². The van der Waals surface area contributed by atoms with Crippen LogP contribution in [0.15, 0.2) is 47.4 Å². The normalized spacial score (nSPS) is 16.9. The Kier molecular flexibility index (Phi) is 6.85. The fraction of sp³-hybridized carbons (Fsp3) is 0.391. The largest absolute Gasteiger partial charge is 0.494 e. The first-order chi connectivity index (χ1) is 15.9. The van der Waals surface area contributed by atoms with Crippen LogP contribution in [0.2, 0.25) is 0 Å². The summed E-state index contributed by atoms with van der Waals surface area (Å²) in [6.45, 7) is 3.21. The second-order valence-electron chi connectivity index (χ2n) is 7.93. The number of piperidine rings is 1. The number of ether oxygens (including phenoxy) is 2. The summed E-state index contributed by atoms with van der Waals surface area (Å²) >= 11 is 0. The minimum absolute atomic E-state index is 0.0856. The van der Waals surface area contributed by atoms with E-state index in [1.54, 1.807) is 6.07 Å². The van der Waals surface area contributed by atoms with Gasteiger partial charge in [-0.05, 0) is 44.0 Å². The Morgan fingerprint density at radius 2 is 1.97 bits per heavy atom. The Morgan fingerprint density at radius 3 is 2.73 bits per heavy atom. The van der Waals surface area contributed by atoms with Crippen LogP contribution in [0.3, 0.4) is 0 Å². The monoisotopic (exact) mass is 473 g/mol. The van der Waals surface area contributed by atoms with Crippen molar-refractivity contribution in [2.45, 2.75) is 31.2 Å². The number of anilines is 1. The number of nitrogens with zero attached hydrogens (tertiary/aromatic N) is 1. The van der Waals surface area contributed by atoms with Crippen molar-refractivity contribution in [2.75, 3.05) is 31.6 Å². The Morgan fingerprint density at radius 1 is 1.21 bits per heavy atom. The number of sulfonamides is 1. The molecule has 9 nitrogen and oxygen atoms in total. The highest BCUT2D eigenvalue weighted by atomic mass is 32.2. The van der Waals surface area contributed by atoms with Crippen molar-refractivity contribution >= 4 is 27.5 Å². The van der Waals surface area contributed by atoms with Gasteiger partial charge in [-0.3, -0.25) is 9.59 Å². The van der Waals surface area contributed by atoms with Gasteiger partial charge in [-0.25, -0.2) is 8.42 Å². The number of fused-ring (bicyclic) bond motifs is 1. The second kappa shape index (κ2) is 9.80. The highest BCUT2D eigenvalue weighted by Crippen LogP contribution is 2.32. The summed E-state index contributed by atoms with van der Waals surface area (Å²) in [6, 6.07) is 12.0. The maximum absolute atomic E-state index is 13.1. The molecule has 0 saturated carbocycles. The summed E-state index contributed by atoms with van der Waals surface area (Å²) in [5.74, 6) is 0.509. The van der Waals surface area contributed by atoms with Gasteiger partial charge in [0.15, 0.2) is 6.61 Å². The fourth-order valence-corrected chi connectivity index (χ4v) is 5.50. The van der Waals surface area contributed by atoms with Gasteiger partial charge in [-0.1, -0.05) is 18.2 Å². The van der Waals surface area contributed by atoms with Crippen LogP contribution in [0.4, 0.5) is 5.69 Å². The second-order valence-corrected chi connectivity index (χ2v) is 9.87. The van der Waals surface area contributed by atoms with Crippen LogP contribution in [0.25, 0.3) is 0 Å². The molecule has 1 saturated heterocycles. The first kappa shape index (κ1) is 23.1. The lowest BCUT2D eigenvalue weighted by atomic mass is 9.97. The number of benzene rings is 2. The van der Waals surface area contributed by atoms with E-state index in [1.807, 2.05) is 31.2 Å². The van der Waals surface area contributed by atoms with Crippen molar-refractivity contribution in [1.82, 2.24) is 9.62 Å². The molecular weight excluding hydrogens is 446 g/mol. The molecule has 2 aromatic carbocycles. The molecule has 2 amide bonds. The number of nitrogens with one attached hydrogen (secondary N) is 2. The van der Waals surface area contributed by atoms with Gasteiger partial charge >= 0.3 is 0 Å². The molecule has 2 aliphatic rings. The minimum atomic E-state index is -3.75. The maximum atomic E-state index is 13.1. The van der Waals surface area contributed by atoms with E-state index in [-0.39, 0.29) is 42.3 Å². The van der Waals surface area contributed by atoms with Gasteiger partial charge in [0.1, 0.15) is 11.5 Å². The number of carbonyl (C=O) groups excluding carboxylic acids is 2. The van der Waals surface area contributed by atoms with Gasteiger partial charge in [0.2, 0.25) is 15.9 Å². The molecule has 2 aliphatic heterocycles. The SMILES string of the molecule is CCOc1ccccc1CNC(=O)C1CCN(S(=O)(=O)c2ccc3c(c2)NC(=O)CO3)CC1. The van der Waals surface area contributed by atoms with E-state index in [1.165, 1.54) is 16.4 Å². The van der Waals surface area contributed by atoms with Gasteiger partial charge in [0, 0.05) is 31.1 Å². The van der Waals surface area contributed by atoms with Crippen LogP contribution in [0.5, 0.6) is 11.5 Å². The molecule has 0 aromatic heterocycles. The maximum Gasteiger partial charge on any atom is 0.262 e. The van der Waals surface area contributed by atoms with E-state index in [2.05, 4.69) is 10.6 Å². The summed E-state index contributed by atoms with van der Waals surface area (Å²) in [5.41, 5.74) is 1.24. The molecule has 0 atom stereocenters. The number of para-hydroxylation sites is 1. The lowest BCUT2D eigenvalue weighted by molar-refractivity contribution is -0.126. The zero-order chi connectivity index (χ0) is 23.4. The summed E-state index contributed by atoms with van der Waals surface area (Å²) in [6.07, 6.45) is 0.867. The Hall–Kier alpha value is -3.11. The molecule has 0 spiro atoms. The van der Waals surface area contributed by atoms with E-state index in [0.29, 0.717) is 37.4 Å². The highest BCUT2D eigenvalue weighted by molar-refractivity contribution is 7.89. The van der Waals surface area contributed by atoms with Crippen molar-refractivity contribution in [1.29, 1.82) is 0 Å². The quantitative estimate of drug-likeness (QED) is 0.637. The summed E-state index contributed by atoms with van der Waals surface area (Å²) in [4.78, 5) is 24.3. The number of rotatable bonds is 7. The van der Waals surface area contributed by atoms with E-state index < -0.39 is 10.0 Å². The Balaban J connectivity index is 1.35. The minimum Gasteiger partial charge on any atom is -0.494 e. The molecule has 0 aliphatic carbocycles. The summed E-state index contributed by atoms with van der Waals surface area (Å²) in [5, 5.41) is 5.58. The van der Waals surface area contributed by atoms with Crippen LogP contribution in [0.1, 0.15) is 25.3 Å². The van der Waals surface area contributed by atoms with Gasteiger partial charge in [0.05, 0.1) is 17.2 Å². The molecule has 10 heteroatoms. The molecule has 0 unspecified atom stereocenters. The van der Waals surface area contributed by atoms with Crippen molar-refractivity contribution in [2.24, 2.45) is 5.92 Å². The average molecular weight is 474 g/mol. The molecule has 2 heterocycles. The van der Waals surface area contributed by atoms with E-state index >= 15 is 0 Å². The predicted molar refractivity (Wildman–Crippen MR) is 122 cm³/mol. The fourth-order valence-electron chi connectivity index (χ4n) is 4.00. The molecule has 176 valence electrons. The molecule has 2 N–H and O–H groups in total. The molecule has 0 radical (unpaired) electrons. The molecule has 33 heavy (non-hydrogen) atoms.